The summed E-state index contributed by atoms with van der Waals surface area (Å²) < 4.78 is 61.7. The lowest BCUT2D eigenvalue weighted by Gasteiger charge is -2.12. The molecule has 1 unspecified atom stereocenters. The Morgan fingerprint density at radius 2 is 1.80 bits per heavy atom. The Bertz CT molecular complexity index is 577. The van der Waals surface area contributed by atoms with E-state index < -0.39 is 33.3 Å². The number of alkyl halides is 3. The smallest absolute Gasteiger partial charge is 0.481 e. The normalized spacial score (nSPS) is 13.8. The van der Waals surface area contributed by atoms with Crippen LogP contribution in [0.15, 0.2) is 24.3 Å². The highest BCUT2D eigenvalue weighted by Gasteiger charge is 2.48. The molecule has 112 valence electrons. The maximum atomic E-state index is 12.1. The van der Waals surface area contributed by atoms with Crippen LogP contribution in [0.3, 0.4) is 0 Å². The molecule has 0 bridgehead atoms. The number of hydrogen-bond donors (Lipinski definition) is 1. The van der Waals surface area contributed by atoms with Crippen LogP contribution >= 0.6 is 0 Å². The fraction of sp³-hybridized carbons (Fsp3) is 0.364. The molecule has 9 heteroatoms. The van der Waals surface area contributed by atoms with E-state index in [0.717, 1.165) is 12.1 Å². The fourth-order valence-corrected chi connectivity index (χ4v) is 1.94. The van der Waals surface area contributed by atoms with Crippen LogP contribution in [0, 0.1) is 0 Å². The lowest BCUT2D eigenvalue weighted by molar-refractivity contribution is -0.138. The molecule has 0 radical (unpaired) electrons. The van der Waals surface area contributed by atoms with Gasteiger partial charge in [-0.15, -0.1) is 0 Å². The van der Waals surface area contributed by atoms with Crippen molar-refractivity contribution in [3.63, 3.8) is 0 Å². The minimum Gasteiger partial charge on any atom is -0.481 e. The largest absolute Gasteiger partial charge is 0.534 e. The van der Waals surface area contributed by atoms with Gasteiger partial charge in [-0.25, -0.2) is 0 Å². The summed E-state index contributed by atoms with van der Waals surface area (Å²) >= 11 is 0. The molecule has 0 saturated heterocycles. The number of hydrogen-bond acceptors (Lipinski definition) is 4. The predicted molar refractivity (Wildman–Crippen MR) is 62.7 cm³/mol. The van der Waals surface area contributed by atoms with Gasteiger partial charge in [-0.05, 0) is 24.1 Å². The maximum Gasteiger partial charge on any atom is 0.534 e. The van der Waals surface area contributed by atoms with Gasteiger partial charge < -0.3 is 9.29 Å². The molecule has 0 aliphatic carbocycles. The average molecular weight is 312 g/mol. The summed E-state index contributed by atoms with van der Waals surface area (Å²) in [6.45, 7) is 1.64. The van der Waals surface area contributed by atoms with Crippen LogP contribution in [0.25, 0.3) is 0 Å². The summed E-state index contributed by atoms with van der Waals surface area (Å²) in [6.07, 6.45) is 0.288. The van der Waals surface area contributed by atoms with Gasteiger partial charge in [-0.1, -0.05) is 19.1 Å². The third-order valence-corrected chi connectivity index (χ3v) is 3.46. The molecular weight excluding hydrogens is 301 g/mol. The molecule has 1 atom stereocenters. The second-order valence-corrected chi connectivity index (χ2v) is 5.39. The van der Waals surface area contributed by atoms with Gasteiger partial charge in [0.2, 0.25) is 0 Å². The number of benzene rings is 1. The van der Waals surface area contributed by atoms with E-state index in [2.05, 4.69) is 4.18 Å². The minimum atomic E-state index is -5.72. The summed E-state index contributed by atoms with van der Waals surface area (Å²) in [4.78, 5) is 10.9. The van der Waals surface area contributed by atoms with Gasteiger partial charge in [0.25, 0.3) is 0 Å². The molecule has 1 aromatic carbocycles. The Morgan fingerprint density at radius 1 is 1.30 bits per heavy atom. The van der Waals surface area contributed by atoms with Crippen molar-refractivity contribution in [1.82, 2.24) is 0 Å². The average Bonchev–Trinajstić information content (AvgIpc) is 2.30. The zero-order chi connectivity index (χ0) is 15.6. The van der Waals surface area contributed by atoms with E-state index >= 15 is 0 Å². The van der Waals surface area contributed by atoms with Crippen LogP contribution in [0.5, 0.6) is 5.75 Å². The van der Waals surface area contributed by atoms with Crippen molar-refractivity contribution in [2.45, 2.75) is 24.8 Å². The molecule has 5 nitrogen and oxygen atoms in total. The quantitative estimate of drug-likeness (QED) is 0.667. The van der Waals surface area contributed by atoms with Gasteiger partial charge in [-0.2, -0.15) is 21.6 Å². The van der Waals surface area contributed by atoms with E-state index in [9.17, 15) is 26.4 Å². The van der Waals surface area contributed by atoms with Crippen molar-refractivity contribution in [3.8, 4) is 5.75 Å². The van der Waals surface area contributed by atoms with Crippen LogP contribution in [-0.2, 0) is 14.9 Å². The summed E-state index contributed by atoms with van der Waals surface area (Å²) in [5.41, 5.74) is -5.17. The van der Waals surface area contributed by atoms with Crippen molar-refractivity contribution in [2.75, 3.05) is 0 Å². The van der Waals surface area contributed by atoms with E-state index in [1.165, 1.54) is 12.1 Å². The Kier molecular flexibility index (Phi) is 4.64. The highest BCUT2D eigenvalue weighted by Crippen LogP contribution is 2.28. The van der Waals surface area contributed by atoms with E-state index in [1.807, 2.05) is 0 Å². The first kappa shape index (κ1) is 16.3. The summed E-state index contributed by atoms with van der Waals surface area (Å²) in [6, 6.07) is 4.38. The van der Waals surface area contributed by atoms with Crippen LogP contribution in [0.1, 0.15) is 24.8 Å². The van der Waals surface area contributed by atoms with Crippen LogP contribution in [0.4, 0.5) is 13.2 Å². The number of rotatable bonds is 5. The Balaban J connectivity index is 2.96. The predicted octanol–water partition coefficient (Wildman–Crippen LogP) is 2.49. The van der Waals surface area contributed by atoms with Crippen molar-refractivity contribution in [3.05, 3.63) is 29.8 Å². The summed E-state index contributed by atoms with van der Waals surface area (Å²) in [5, 5.41) is 8.91. The third-order valence-electron chi connectivity index (χ3n) is 2.48. The molecule has 0 spiro atoms. The van der Waals surface area contributed by atoms with Crippen molar-refractivity contribution in [1.29, 1.82) is 0 Å². The summed E-state index contributed by atoms with van der Waals surface area (Å²) in [5.74, 6) is -2.43. The molecule has 0 saturated carbocycles. The molecule has 1 rings (SSSR count). The highest BCUT2D eigenvalue weighted by atomic mass is 32.2. The van der Waals surface area contributed by atoms with Gasteiger partial charge in [0, 0.05) is 0 Å². The molecule has 0 heterocycles. The molecule has 20 heavy (non-hydrogen) atoms. The van der Waals surface area contributed by atoms with E-state index in [0.29, 0.717) is 5.56 Å². The first-order valence-corrected chi connectivity index (χ1v) is 6.83. The van der Waals surface area contributed by atoms with Gasteiger partial charge in [0.15, 0.2) is 0 Å². The SMILES string of the molecule is CCC(C(=O)O)c1ccc(OS(=O)(=O)C(F)(F)F)cc1. The van der Waals surface area contributed by atoms with Crippen molar-refractivity contribution in [2.24, 2.45) is 0 Å². The molecule has 0 aliphatic heterocycles. The van der Waals surface area contributed by atoms with Crippen LogP contribution in [0.2, 0.25) is 0 Å². The molecule has 0 aliphatic rings. The van der Waals surface area contributed by atoms with E-state index in [-0.39, 0.29) is 6.42 Å². The number of halogens is 3. The van der Waals surface area contributed by atoms with Crippen LogP contribution < -0.4 is 4.18 Å². The molecule has 1 N–H and O–H groups in total. The highest BCUT2D eigenvalue weighted by molar-refractivity contribution is 7.87. The molecular formula is C11H11F3O5S. The van der Waals surface area contributed by atoms with E-state index in [1.54, 1.807) is 6.92 Å². The van der Waals surface area contributed by atoms with Gasteiger partial charge in [0.05, 0.1) is 5.92 Å². The summed E-state index contributed by atoms with van der Waals surface area (Å²) in [7, 11) is -5.72. The topological polar surface area (TPSA) is 80.7 Å². The first-order valence-electron chi connectivity index (χ1n) is 5.42. The monoisotopic (exact) mass is 312 g/mol. The number of carbonyl (C=O) groups is 1. The lowest BCUT2D eigenvalue weighted by Crippen LogP contribution is -2.28. The second-order valence-electron chi connectivity index (χ2n) is 3.85. The van der Waals surface area contributed by atoms with Gasteiger partial charge in [0.1, 0.15) is 5.75 Å². The molecule has 0 aromatic heterocycles. The zero-order valence-electron chi connectivity index (χ0n) is 10.2. The minimum absolute atomic E-state index is 0.288. The Morgan fingerprint density at radius 3 is 2.15 bits per heavy atom. The Labute approximate surface area is 113 Å². The molecule has 0 amide bonds. The standard InChI is InChI=1S/C11H11F3O5S/c1-2-9(10(15)16)7-3-5-8(6-4-7)19-20(17,18)11(12,13)14/h3-6,9H,2H2,1H3,(H,15,16). The maximum absolute atomic E-state index is 12.1. The zero-order valence-corrected chi connectivity index (χ0v) is 11.0. The number of carboxylic acids is 1. The number of aliphatic carboxylic acids is 1. The fourth-order valence-electron chi connectivity index (χ4n) is 1.48. The van der Waals surface area contributed by atoms with Crippen molar-refractivity contribution < 1.29 is 35.7 Å². The van der Waals surface area contributed by atoms with Gasteiger partial charge in [-0.3, -0.25) is 4.79 Å². The molecule has 1 aromatic rings. The molecule has 0 fully saturated rings. The van der Waals surface area contributed by atoms with Crippen LogP contribution in [-0.4, -0.2) is 25.0 Å². The first-order chi connectivity index (χ1) is 9.08. The number of carboxylic acid groups (broad SMARTS) is 1. The third kappa shape index (κ3) is 3.62. The lowest BCUT2D eigenvalue weighted by atomic mass is 9.97. The van der Waals surface area contributed by atoms with Crippen molar-refractivity contribution >= 4 is 16.1 Å². The van der Waals surface area contributed by atoms with Gasteiger partial charge >= 0.3 is 21.6 Å². The Hall–Kier alpha value is -1.77. The second kappa shape index (κ2) is 5.70. The van der Waals surface area contributed by atoms with E-state index in [4.69, 9.17) is 5.11 Å².